The predicted molar refractivity (Wildman–Crippen MR) is 102 cm³/mol. The van der Waals surface area contributed by atoms with Gasteiger partial charge in [0.2, 0.25) is 0 Å². The van der Waals surface area contributed by atoms with Crippen LogP contribution in [0.15, 0.2) is 42.9 Å². The molecule has 1 fully saturated rings. The van der Waals surface area contributed by atoms with E-state index in [1.54, 1.807) is 0 Å². The molecule has 7 heteroatoms. The third kappa shape index (κ3) is 3.94. The number of hydrogen-bond donors (Lipinski definition) is 1. The van der Waals surface area contributed by atoms with E-state index in [9.17, 15) is 5.11 Å². The molecule has 7 nitrogen and oxygen atoms in total. The maximum Gasteiger partial charge on any atom is 0.158 e. The summed E-state index contributed by atoms with van der Waals surface area (Å²) in [6, 6.07) is 10.5. The molecule has 0 atom stereocenters. The van der Waals surface area contributed by atoms with Crippen LogP contribution in [0, 0.1) is 0 Å². The van der Waals surface area contributed by atoms with Gasteiger partial charge < -0.3 is 14.2 Å². The van der Waals surface area contributed by atoms with Gasteiger partial charge in [-0.15, -0.1) is 10.2 Å². The number of aromatic nitrogens is 5. The fourth-order valence-electron chi connectivity index (χ4n) is 3.85. The maximum atomic E-state index is 9.31. The molecule has 1 aliphatic rings. The summed E-state index contributed by atoms with van der Waals surface area (Å²) in [6.45, 7) is 3.77. The third-order valence-corrected chi connectivity index (χ3v) is 5.47. The molecule has 1 N–H and O–H groups in total. The molecule has 0 bridgehead atoms. The van der Waals surface area contributed by atoms with Crippen LogP contribution in [0.25, 0.3) is 0 Å². The van der Waals surface area contributed by atoms with Crippen LogP contribution in [0.2, 0.25) is 0 Å². The topological polar surface area (TPSA) is 72.0 Å². The van der Waals surface area contributed by atoms with Gasteiger partial charge in [-0.1, -0.05) is 30.3 Å². The van der Waals surface area contributed by atoms with Crippen molar-refractivity contribution in [2.75, 3.05) is 13.1 Å². The molecule has 0 unspecified atom stereocenters. The van der Waals surface area contributed by atoms with Crippen molar-refractivity contribution in [2.45, 2.75) is 38.5 Å². The van der Waals surface area contributed by atoms with Gasteiger partial charge in [0.15, 0.2) is 5.82 Å². The Hall–Kier alpha value is -2.51. The van der Waals surface area contributed by atoms with E-state index in [0.29, 0.717) is 11.7 Å². The number of aliphatic hydroxyl groups is 1. The molecule has 1 aromatic carbocycles. The number of benzene rings is 1. The number of piperidine rings is 1. The first-order valence-electron chi connectivity index (χ1n) is 9.49. The van der Waals surface area contributed by atoms with Crippen LogP contribution in [0.5, 0.6) is 0 Å². The number of nitrogens with zero attached hydrogens (tertiary/aromatic N) is 6. The average Bonchev–Trinajstić information content (AvgIpc) is 3.29. The van der Waals surface area contributed by atoms with Gasteiger partial charge in [0.25, 0.3) is 0 Å². The van der Waals surface area contributed by atoms with Crippen molar-refractivity contribution in [1.82, 2.24) is 29.2 Å². The Bertz CT molecular complexity index is 864. The lowest BCUT2D eigenvalue weighted by Gasteiger charge is -2.31. The monoisotopic (exact) mass is 366 g/mol. The van der Waals surface area contributed by atoms with Gasteiger partial charge in [-0.05, 0) is 31.5 Å². The smallest absolute Gasteiger partial charge is 0.158 e. The van der Waals surface area contributed by atoms with Crippen molar-refractivity contribution in [3.63, 3.8) is 0 Å². The Labute approximate surface area is 159 Å². The van der Waals surface area contributed by atoms with Gasteiger partial charge in [0, 0.05) is 32.3 Å². The Morgan fingerprint density at radius 2 is 1.85 bits per heavy atom. The molecule has 27 heavy (non-hydrogen) atoms. The molecule has 3 aromatic rings. The quantitative estimate of drug-likeness (QED) is 0.722. The number of hydrogen-bond acceptors (Lipinski definition) is 5. The lowest BCUT2D eigenvalue weighted by atomic mass is 9.96. The highest BCUT2D eigenvalue weighted by Gasteiger charge is 2.25. The predicted octanol–water partition coefficient (Wildman–Crippen LogP) is 1.93. The summed E-state index contributed by atoms with van der Waals surface area (Å²) < 4.78 is 4.17. The van der Waals surface area contributed by atoms with Crippen molar-refractivity contribution in [1.29, 1.82) is 0 Å². The molecule has 1 aliphatic heterocycles. The van der Waals surface area contributed by atoms with E-state index < -0.39 is 0 Å². The Balaban J connectivity index is 1.36. The molecule has 2 aromatic heterocycles. The van der Waals surface area contributed by atoms with E-state index in [-0.39, 0.29) is 6.61 Å². The van der Waals surface area contributed by atoms with Crippen LogP contribution in [-0.4, -0.2) is 47.4 Å². The van der Waals surface area contributed by atoms with Crippen LogP contribution in [0.3, 0.4) is 0 Å². The molecule has 0 amide bonds. The highest BCUT2D eigenvalue weighted by Crippen LogP contribution is 2.27. The van der Waals surface area contributed by atoms with Gasteiger partial charge >= 0.3 is 0 Å². The minimum Gasteiger partial charge on any atom is -0.388 e. The van der Waals surface area contributed by atoms with Gasteiger partial charge in [-0.2, -0.15) is 0 Å². The average molecular weight is 366 g/mol. The molecule has 0 spiro atoms. The van der Waals surface area contributed by atoms with Crippen molar-refractivity contribution in [2.24, 2.45) is 7.05 Å². The molecule has 4 rings (SSSR count). The zero-order chi connectivity index (χ0) is 18.6. The number of rotatable bonds is 6. The molecular weight excluding hydrogens is 340 g/mol. The summed E-state index contributed by atoms with van der Waals surface area (Å²) in [6.07, 6.45) is 6.02. The van der Waals surface area contributed by atoms with E-state index in [1.807, 2.05) is 30.2 Å². The molecule has 1 saturated heterocycles. The SMILES string of the molecule is Cn1c(CO)nnc1C1CCN(Cc2cncn2Cc2ccccc2)CC1. The van der Waals surface area contributed by atoms with E-state index in [2.05, 4.69) is 48.9 Å². The maximum absolute atomic E-state index is 9.31. The van der Waals surface area contributed by atoms with Crippen LogP contribution in [0.4, 0.5) is 0 Å². The van der Waals surface area contributed by atoms with Crippen molar-refractivity contribution in [3.8, 4) is 0 Å². The molecule has 0 radical (unpaired) electrons. The molecular formula is C20H26N6O. The summed E-state index contributed by atoms with van der Waals surface area (Å²) in [7, 11) is 1.94. The largest absolute Gasteiger partial charge is 0.388 e. The van der Waals surface area contributed by atoms with Crippen molar-refractivity contribution < 1.29 is 5.11 Å². The Morgan fingerprint density at radius 1 is 1.07 bits per heavy atom. The van der Waals surface area contributed by atoms with Crippen LogP contribution < -0.4 is 0 Å². The standard InChI is InChI=1S/C20H26N6O/c1-24-19(14-27)22-23-20(24)17-7-9-25(10-8-17)13-18-11-21-15-26(18)12-16-5-3-2-4-6-16/h2-6,11,15,17,27H,7-10,12-14H2,1H3. The van der Waals surface area contributed by atoms with Gasteiger partial charge in [-0.3, -0.25) is 4.90 Å². The minimum absolute atomic E-state index is 0.0618. The van der Waals surface area contributed by atoms with Crippen molar-refractivity contribution >= 4 is 0 Å². The second-order valence-corrected chi connectivity index (χ2v) is 7.24. The molecule has 0 saturated carbocycles. The normalized spacial score (nSPS) is 16.1. The second-order valence-electron chi connectivity index (χ2n) is 7.24. The van der Waals surface area contributed by atoms with Crippen LogP contribution in [0.1, 0.15) is 41.7 Å². The van der Waals surface area contributed by atoms with Crippen molar-refractivity contribution in [3.05, 3.63) is 65.8 Å². The first-order valence-corrected chi connectivity index (χ1v) is 9.49. The summed E-state index contributed by atoms with van der Waals surface area (Å²) >= 11 is 0. The van der Waals surface area contributed by atoms with E-state index in [1.165, 1.54) is 11.3 Å². The van der Waals surface area contributed by atoms with Crippen LogP contribution in [-0.2, 0) is 26.7 Å². The Morgan fingerprint density at radius 3 is 2.56 bits per heavy atom. The van der Waals surface area contributed by atoms with Gasteiger partial charge in [0.1, 0.15) is 12.4 Å². The fraction of sp³-hybridized carbons (Fsp3) is 0.450. The number of likely N-dealkylation sites (tertiary alicyclic amines) is 1. The summed E-state index contributed by atoms with van der Waals surface area (Å²) in [5, 5.41) is 17.7. The lowest BCUT2D eigenvalue weighted by Crippen LogP contribution is -2.33. The number of imidazole rings is 1. The summed E-state index contributed by atoms with van der Waals surface area (Å²) in [4.78, 5) is 6.85. The zero-order valence-corrected chi connectivity index (χ0v) is 15.7. The third-order valence-electron chi connectivity index (χ3n) is 5.47. The molecule has 3 heterocycles. The van der Waals surface area contributed by atoms with E-state index in [4.69, 9.17) is 0 Å². The second kappa shape index (κ2) is 8.02. The summed E-state index contributed by atoms with van der Waals surface area (Å²) in [5.41, 5.74) is 2.54. The first-order chi connectivity index (χ1) is 13.2. The highest BCUT2D eigenvalue weighted by atomic mass is 16.3. The zero-order valence-electron chi connectivity index (χ0n) is 15.7. The molecule has 0 aliphatic carbocycles. The van der Waals surface area contributed by atoms with Gasteiger partial charge in [-0.25, -0.2) is 4.98 Å². The van der Waals surface area contributed by atoms with E-state index in [0.717, 1.165) is 44.8 Å². The molecule has 142 valence electrons. The summed E-state index contributed by atoms with van der Waals surface area (Å²) in [5.74, 6) is 2.04. The highest BCUT2D eigenvalue weighted by molar-refractivity contribution is 5.16. The Kier molecular flexibility index (Phi) is 5.31. The number of aliphatic hydroxyl groups excluding tert-OH is 1. The van der Waals surface area contributed by atoms with Gasteiger partial charge in [0.05, 0.1) is 12.0 Å². The lowest BCUT2D eigenvalue weighted by molar-refractivity contribution is 0.196. The van der Waals surface area contributed by atoms with Crippen LogP contribution >= 0.6 is 0 Å². The fourth-order valence-corrected chi connectivity index (χ4v) is 3.85. The minimum atomic E-state index is -0.0618. The first kappa shape index (κ1) is 17.9. The van der Waals surface area contributed by atoms with E-state index >= 15 is 0 Å².